The summed E-state index contributed by atoms with van der Waals surface area (Å²) in [7, 11) is -1.85. The van der Waals surface area contributed by atoms with Crippen molar-refractivity contribution in [2.24, 2.45) is 0 Å². The average Bonchev–Trinajstić information content (AvgIpc) is 3.95. The first kappa shape index (κ1) is 34.7. The monoisotopic (exact) mass is 818 g/mol. The minimum Gasteiger partial charge on any atom is -0.375 e. The normalized spacial score (nSPS) is 15.0. The summed E-state index contributed by atoms with van der Waals surface area (Å²) < 4.78 is 5.41. The zero-order chi connectivity index (χ0) is 40.1. The molecule has 10 aromatic rings. The van der Waals surface area contributed by atoms with Crippen LogP contribution in [0.15, 0.2) is 171 Å². The molecule has 0 saturated heterocycles. The largest absolute Gasteiger partial charge is 0.375 e. The number of rotatable bonds is 6. The van der Waals surface area contributed by atoms with Crippen LogP contribution in [0, 0.1) is 0 Å². The first-order valence-electron chi connectivity index (χ1n) is 22.3. The number of nitrogens with zero attached hydrogens (tertiary/aromatic N) is 2. The molecule has 8 aromatic carbocycles. The SMILES string of the molecule is CCCCc1ccc2c(c1)c1cc(CCCC)cc3c1n2-c1cc2sc4ccccc4c2c2c1B3N1c3ccccc3S3(c4ccccc4-c4ccccc43)c3cccc-2c31. The topological polar surface area (TPSA) is 8.17 Å². The van der Waals surface area contributed by atoms with E-state index in [4.69, 9.17) is 0 Å². The van der Waals surface area contributed by atoms with Gasteiger partial charge in [0.25, 0.3) is 0 Å². The summed E-state index contributed by atoms with van der Waals surface area (Å²) in [5.41, 5.74) is 18.1. The van der Waals surface area contributed by atoms with Gasteiger partial charge < -0.3 is 9.38 Å². The predicted octanol–water partition coefficient (Wildman–Crippen LogP) is 14.7. The molecule has 292 valence electrons. The summed E-state index contributed by atoms with van der Waals surface area (Å²) in [4.78, 5) is 8.69. The summed E-state index contributed by atoms with van der Waals surface area (Å²) in [6.45, 7) is 4.63. The van der Waals surface area contributed by atoms with Crippen LogP contribution in [0.4, 0.5) is 11.4 Å². The second-order valence-electron chi connectivity index (χ2n) is 17.6. The van der Waals surface area contributed by atoms with Gasteiger partial charge in [-0.2, -0.15) is 0 Å². The highest BCUT2D eigenvalue weighted by Crippen LogP contribution is 2.84. The number of benzene rings is 8. The molecule has 0 saturated carbocycles. The molecule has 5 heteroatoms. The van der Waals surface area contributed by atoms with Crippen molar-refractivity contribution in [2.45, 2.75) is 72.0 Å². The fourth-order valence-electron chi connectivity index (χ4n) is 12.0. The van der Waals surface area contributed by atoms with Crippen molar-refractivity contribution >= 4 is 92.5 Å². The van der Waals surface area contributed by atoms with Crippen LogP contribution in [0.5, 0.6) is 0 Å². The number of thiophene rings is 1. The van der Waals surface area contributed by atoms with Crippen LogP contribution in [0.3, 0.4) is 0 Å². The predicted molar refractivity (Wildman–Crippen MR) is 262 cm³/mol. The quantitative estimate of drug-likeness (QED) is 0.152. The molecular weight excluding hydrogens is 776 g/mol. The molecule has 4 aliphatic rings. The molecule has 0 amide bonds. The average molecular weight is 819 g/mol. The number of aryl methyl sites for hydroxylation is 2. The van der Waals surface area contributed by atoms with Crippen LogP contribution in [0.1, 0.15) is 50.7 Å². The number of fused-ring (bicyclic) bond motifs is 20. The van der Waals surface area contributed by atoms with Crippen LogP contribution in [0.2, 0.25) is 0 Å². The van der Waals surface area contributed by atoms with Crippen molar-refractivity contribution in [3.8, 4) is 27.9 Å². The van der Waals surface area contributed by atoms with Crippen molar-refractivity contribution in [2.75, 3.05) is 4.81 Å². The van der Waals surface area contributed by atoms with E-state index in [1.54, 1.807) is 0 Å². The smallest absolute Gasteiger partial charge is 0.333 e. The number of hydrogen-bond donors (Lipinski definition) is 0. The maximum absolute atomic E-state index is 2.83. The Bertz CT molecular complexity index is 3510. The third-order valence-corrected chi connectivity index (χ3v) is 19.6. The Morgan fingerprint density at radius 3 is 2.02 bits per heavy atom. The maximum Gasteiger partial charge on any atom is 0.333 e. The van der Waals surface area contributed by atoms with Gasteiger partial charge in [0.2, 0.25) is 0 Å². The van der Waals surface area contributed by atoms with Gasteiger partial charge in [0.1, 0.15) is 0 Å². The van der Waals surface area contributed by atoms with E-state index in [2.05, 4.69) is 175 Å². The molecule has 14 rings (SSSR count). The number of aromatic nitrogens is 1. The van der Waals surface area contributed by atoms with E-state index in [-0.39, 0.29) is 6.85 Å². The molecule has 0 unspecified atom stereocenters. The molecule has 6 heterocycles. The van der Waals surface area contributed by atoms with E-state index in [1.807, 2.05) is 11.3 Å². The minimum absolute atomic E-state index is 0.00745. The van der Waals surface area contributed by atoms with Crippen molar-refractivity contribution in [3.05, 3.63) is 163 Å². The van der Waals surface area contributed by atoms with Crippen molar-refractivity contribution in [1.82, 2.24) is 4.57 Å². The number of unbranched alkanes of at least 4 members (excludes halogenated alkanes) is 2. The van der Waals surface area contributed by atoms with E-state index in [9.17, 15) is 0 Å². The number of para-hydroxylation sites is 2. The van der Waals surface area contributed by atoms with E-state index >= 15 is 0 Å². The van der Waals surface area contributed by atoms with Crippen LogP contribution in [0.25, 0.3) is 69.9 Å². The molecule has 61 heavy (non-hydrogen) atoms. The third-order valence-electron chi connectivity index (χ3n) is 14.4. The fraction of sp³-hybridized carbons (Fsp3) is 0.143. The summed E-state index contributed by atoms with van der Waals surface area (Å²) in [5, 5.41) is 5.58. The molecule has 2 aromatic heterocycles. The molecule has 0 fully saturated rings. The van der Waals surface area contributed by atoms with Crippen molar-refractivity contribution in [1.29, 1.82) is 0 Å². The molecule has 0 N–H and O–H groups in total. The van der Waals surface area contributed by atoms with Crippen LogP contribution in [-0.2, 0) is 12.8 Å². The zero-order valence-electron chi connectivity index (χ0n) is 34.5. The Morgan fingerprint density at radius 1 is 0.541 bits per heavy atom. The first-order chi connectivity index (χ1) is 30.2. The van der Waals surface area contributed by atoms with Crippen molar-refractivity contribution in [3.63, 3.8) is 0 Å². The Kier molecular flexibility index (Phi) is 7.13. The summed E-state index contributed by atoms with van der Waals surface area (Å²) in [5.74, 6) is 0. The molecule has 4 aliphatic heterocycles. The van der Waals surface area contributed by atoms with E-state index in [1.165, 1.54) is 149 Å². The van der Waals surface area contributed by atoms with Crippen LogP contribution in [-0.4, -0.2) is 11.4 Å². The highest BCUT2D eigenvalue weighted by Gasteiger charge is 2.54. The van der Waals surface area contributed by atoms with Gasteiger partial charge in [-0.25, -0.2) is 0 Å². The second-order valence-corrected chi connectivity index (χ2v) is 21.7. The van der Waals surface area contributed by atoms with Crippen LogP contribution >= 0.6 is 21.4 Å². The van der Waals surface area contributed by atoms with Gasteiger partial charge in [0.15, 0.2) is 0 Å². The molecular formula is C56H43BN2S2. The van der Waals surface area contributed by atoms with Gasteiger partial charge in [-0.15, -0.1) is 21.4 Å². The van der Waals surface area contributed by atoms with Crippen LogP contribution < -0.4 is 15.7 Å². The first-order valence-corrected chi connectivity index (χ1v) is 24.8. The van der Waals surface area contributed by atoms with E-state index < -0.39 is 10.0 Å². The van der Waals surface area contributed by atoms with Gasteiger partial charge in [-0.3, -0.25) is 0 Å². The minimum atomic E-state index is -1.85. The molecule has 0 radical (unpaired) electrons. The molecule has 0 bridgehead atoms. The summed E-state index contributed by atoms with van der Waals surface area (Å²) in [6, 6.07) is 59.9. The maximum atomic E-state index is 2.83. The highest BCUT2D eigenvalue weighted by atomic mass is 32.3. The van der Waals surface area contributed by atoms with Gasteiger partial charge in [-0.1, -0.05) is 118 Å². The molecule has 1 spiro atoms. The number of hydrogen-bond acceptors (Lipinski definition) is 2. The van der Waals surface area contributed by atoms with Crippen molar-refractivity contribution < 1.29 is 0 Å². The lowest BCUT2D eigenvalue weighted by Gasteiger charge is -2.53. The van der Waals surface area contributed by atoms with Gasteiger partial charge >= 0.3 is 6.85 Å². The fourth-order valence-corrected chi connectivity index (χ4v) is 17.7. The van der Waals surface area contributed by atoms with E-state index in [0.29, 0.717) is 0 Å². The zero-order valence-corrected chi connectivity index (χ0v) is 36.1. The standard InChI is InChI=1S/C56H43BN2S2/c1-3-5-16-34-28-29-43-40(30-34)41-31-35(17-6-4-2)32-42-55(41)58(43)45-33-47-52(38-20-7-11-23-46(38)60-47)53-39-21-15-27-51-56(39)59(57(42)54(45)53)44-22-10-14-26-50(44)61(51)48-24-12-8-18-36(48)37-19-9-13-25-49(37)61/h7-15,18-33H,3-6,16-17H2,1-2H3. The Hall–Kier alpha value is -6.01. The molecule has 2 nitrogen and oxygen atoms in total. The van der Waals surface area contributed by atoms with E-state index in [0.717, 1.165) is 12.8 Å². The highest BCUT2D eigenvalue weighted by molar-refractivity contribution is 8.34. The lowest BCUT2D eigenvalue weighted by Crippen LogP contribution is -2.61. The van der Waals surface area contributed by atoms with Gasteiger partial charge in [0.05, 0.1) is 16.7 Å². The Morgan fingerprint density at radius 2 is 1.21 bits per heavy atom. The summed E-state index contributed by atoms with van der Waals surface area (Å²) >= 11 is 1.96. The lowest BCUT2D eigenvalue weighted by atomic mass is 9.43. The lowest BCUT2D eigenvalue weighted by molar-refractivity contribution is 0.796. The van der Waals surface area contributed by atoms with Gasteiger partial charge in [0, 0.05) is 67.5 Å². The molecule has 0 aliphatic carbocycles. The number of anilines is 2. The van der Waals surface area contributed by atoms with Gasteiger partial charge in [-0.05, 0) is 125 Å². The summed E-state index contributed by atoms with van der Waals surface area (Å²) in [6.07, 6.45) is 6.98. The third kappa shape index (κ3) is 4.27. The molecule has 0 atom stereocenters. The Balaban J connectivity index is 1.19. The second kappa shape index (κ2) is 12.5. The Labute approximate surface area is 362 Å².